The van der Waals surface area contributed by atoms with Gasteiger partial charge in [-0.3, -0.25) is 9.36 Å². The number of hydrogen-bond acceptors (Lipinski definition) is 5. The van der Waals surface area contributed by atoms with Gasteiger partial charge in [0.05, 0.1) is 16.3 Å². The smallest absolute Gasteiger partial charge is 0.242 e. The molecule has 2 aromatic carbocycles. The molecule has 0 unspecified atom stereocenters. The second-order valence-corrected chi connectivity index (χ2v) is 10.9. The van der Waals surface area contributed by atoms with Crippen LogP contribution in [0.5, 0.6) is 0 Å². The minimum atomic E-state index is -3.60. The minimum Gasteiger partial charge on any atom is -0.325 e. The summed E-state index contributed by atoms with van der Waals surface area (Å²) in [5.41, 5.74) is 5.48. The second kappa shape index (κ2) is 9.48. The van der Waals surface area contributed by atoms with Crippen LogP contribution in [0.25, 0.3) is 5.69 Å². The predicted molar refractivity (Wildman–Crippen MR) is 129 cm³/mol. The van der Waals surface area contributed by atoms with Gasteiger partial charge in [0.25, 0.3) is 0 Å². The van der Waals surface area contributed by atoms with Gasteiger partial charge in [-0.25, -0.2) is 17.7 Å². The average Bonchev–Trinajstić information content (AvgIpc) is 3.20. The fraction of sp³-hybridized carbons (Fsp3) is 0.304. The van der Waals surface area contributed by atoms with Crippen LogP contribution in [0, 0.1) is 27.7 Å². The molecule has 0 bridgehead atoms. The van der Waals surface area contributed by atoms with Gasteiger partial charge >= 0.3 is 0 Å². The lowest BCUT2D eigenvalue weighted by Crippen LogP contribution is -2.23. The number of amides is 1. The van der Waals surface area contributed by atoms with Crippen LogP contribution in [0.3, 0.4) is 0 Å². The van der Waals surface area contributed by atoms with Crippen molar-refractivity contribution in [1.29, 1.82) is 0 Å². The normalized spacial score (nSPS) is 11.7. The largest absolute Gasteiger partial charge is 0.325 e. The first-order chi connectivity index (χ1) is 15.0. The standard InChI is InChI=1S/C23H28N4O3S2/c1-15-8-7-9-21(18(15)4)27-11-10-24-23(27)31-14-22(28)25-20-13-19(12-16(2)17(20)3)32(29,30)26(5)6/h7-13H,14H2,1-6H3,(H,25,28). The Bertz CT molecular complexity index is 1260. The summed E-state index contributed by atoms with van der Waals surface area (Å²) in [5.74, 6) is -0.0854. The monoisotopic (exact) mass is 472 g/mol. The van der Waals surface area contributed by atoms with E-state index in [1.54, 1.807) is 12.3 Å². The molecule has 1 heterocycles. The Morgan fingerprint density at radius 2 is 1.81 bits per heavy atom. The molecule has 1 amide bonds. The maximum atomic E-state index is 12.7. The molecule has 0 saturated heterocycles. The molecule has 0 spiro atoms. The minimum absolute atomic E-state index is 0.144. The number of hydrogen-bond donors (Lipinski definition) is 1. The van der Waals surface area contributed by atoms with Crippen LogP contribution < -0.4 is 5.32 Å². The third-order valence-electron chi connectivity index (χ3n) is 5.47. The molecule has 3 aromatic rings. The van der Waals surface area contributed by atoms with Crippen molar-refractivity contribution >= 4 is 33.4 Å². The van der Waals surface area contributed by atoms with E-state index in [0.29, 0.717) is 10.8 Å². The van der Waals surface area contributed by atoms with Gasteiger partial charge < -0.3 is 5.32 Å². The summed E-state index contributed by atoms with van der Waals surface area (Å²) in [6.07, 6.45) is 3.59. The van der Waals surface area contributed by atoms with Gasteiger partial charge in [-0.05, 0) is 68.1 Å². The zero-order valence-electron chi connectivity index (χ0n) is 19.1. The molecule has 1 N–H and O–H groups in total. The van der Waals surface area contributed by atoms with E-state index in [0.717, 1.165) is 26.7 Å². The molecule has 0 aliphatic heterocycles. The van der Waals surface area contributed by atoms with Crippen LogP contribution in [0.1, 0.15) is 22.3 Å². The van der Waals surface area contributed by atoms with Crippen molar-refractivity contribution in [3.8, 4) is 5.69 Å². The Hall–Kier alpha value is -2.62. The molecule has 3 rings (SSSR count). The summed E-state index contributed by atoms with van der Waals surface area (Å²) in [6, 6.07) is 9.22. The highest BCUT2D eigenvalue weighted by Gasteiger charge is 2.20. The number of anilines is 1. The van der Waals surface area contributed by atoms with Crippen LogP contribution >= 0.6 is 11.8 Å². The van der Waals surface area contributed by atoms with Gasteiger partial charge in [0.1, 0.15) is 0 Å². The van der Waals surface area contributed by atoms with Crippen molar-refractivity contribution in [3.05, 3.63) is 65.0 Å². The number of benzene rings is 2. The van der Waals surface area contributed by atoms with Crippen molar-refractivity contribution in [2.45, 2.75) is 37.7 Å². The van der Waals surface area contributed by atoms with Crippen LogP contribution in [0.4, 0.5) is 5.69 Å². The lowest BCUT2D eigenvalue weighted by Gasteiger charge is -2.16. The summed E-state index contributed by atoms with van der Waals surface area (Å²) < 4.78 is 28.2. The molecule has 170 valence electrons. The van der Waals surface area contributed by atoms with E-state index in [4.69, 9.17) is 0 Å². The van der Waals surface area contributed by atoms with E-state index in [-0.39, 0.29) is 16.6 Å². The Kier molecular flexibility index (Phi) is 7.12. The van der Waals surface area contributed by atoms with E-state index in [9.17, 15) is 13.2 Å². The van der Waals surface area contributed by atoms with Crippen LogP contribution in [0.2, 0.25) is 0 Å². The number of carbonyl (C=O) groups excluding carboxylic acids is 1. The van der Waals surface area contributed by atoms with Gasteiger partial charge in [-0.2, -0.15) is 0 Å². The average molecular weight is 473 g/mol. The Labute approximate surface area is 193 Å². The van der Waals surface area contributed by atoms with Gasteiger partial charge in [-0.15, -0.1) is 0 Å². The maximum Gasteiger partial charge on any atom is 0.242 e. The summed E-state index contributed by atoms with van der Waals surface area (Å²) in [4.78, 5) is 17.3. The number of sulfonamides is 1. The number of rotatable bonds is 7. The zero-order valence-corrected chi connectivity index (χ0v) is 20.8. The summed E-state index contributed by atoms with van der Waals surface area (Å²) in [6.45, 7) is 7.81. The zero-order chi connectivity index (χ0) is 23.6. The number of aromatic nitrogens is 2. The lowest BCUT2D eigenvalue weighted by molar-refractivity contribution is -0.113. The van der Waals surface area contributed by atoms with Gasteiger partial charge in [0.2, 0.25) is 15.9 Å². The topological polar surface area (TPSA) is 84.3 Å². The summed E-state index contributed by atoms with van der Waals surface area (Å²) >= 11 is 1.33. The van der Waals surface area contributed by atoms with Crippen molar-refractivity contribution in [1.82, 2.24) is 13.9 Å². The van der Waals surface area contributed by atoms with Crippen LogP contribution in [-0.4, -0.2) is 48.0 Å². The van der Waals surface area contributed by atoms with Crippen molar-refractivity contribution < 1.29 is 13.2 Å². The summed E-state index contributed by atoms with van der Waals surface area (Å²) in [7, 11) is -0.635. The van der Waals surface area contributed by atoms with E-state index in [1.165, 1.54) is 37.5 Å². The molecule has 0 radical (unpaired) electrons. The van der Waals surface area contributed by atoms with Crippen LogP contribution in [-0.2, 0) is 14.8 Å². The molecule has 0 aliphatic carbocycles. The van der Waals surface area contributed by atoms with Crippen LogP contribution in [0.15, 0.2) is 52.8 Å². The van der Waals surface area contributed by atoms with Crippen molar-refractivity contribution in [3.63, 3.8) is 0 Å². The quantitative estimate of drug-likeness (QED) is 0.524. The number of thioether (sulfide) groups is 1. The first-order valence-electron chi connectivity index (χ1n) is 10.1. The fourth-order valence-electron chi connectivity index (χ4n) is 3.21. The molecule has 9 heteroatoms. The number of carbonyl (C=O) groups is 1. The molecule has 0 saturated carbocycles. The lowest BCUT2D eigenvalue weighted by atomic mass is 10.1. The predicted octanol–water partition coefficient (Wildman–Crippen LogP) is 4.09. The van der Waals surface area contributed by atoms with E-state index < -0.39 is 10.0 Å². The molecule has 0 aliphatic rings. The molecule has 1 aromatic heterocycles. The highest BCUT2D eigenvalue weighted by molar-refractivity contribution is 7.99. The molecule has 0 fully saturated rings. The molecular weight excluding hydrogens is 444 g/mol. The Balaban J connectivity index is 1.78. The molecular formula is C23H28N4O3S2. The van der Waals surface area contributed by atoms with E-state index in [1.807, 2.05) is 36.7 Å². The third kappa shape index (κ3) is 4.90. The first-order valence-corrected chi connectivity index (χ1v) is 12.5. The molecule has 7 nitrogen and oxygen atoms in total. The first kappa shape index (κ1) is 24.0. The number of aryl methyl sites for hydroxylation is 2. The number of nitrogens with one attached hydrogen (secondary N) is 1. The second-order valence-electron chi connectivity index (χ2n) is 7.84. The number of imidazole rings is 1. The SMILES string of the molecule is Cc1cc(S(=O)(=O)N(C)C)cc(NC(=O)CSc2nccn2-c2cccc(C)c2C)c1C. The summed E-state index contributed by atoms with van der Waals surface area (Å²) in [5, 5.41) is 3.58. The van der Waals surface area contributed by atoms with E-state index in [2.05, 4.69) is 30.2 Å². The highest BCUT2D eigenvalue weighted by atomic mass is 32.2. The third-order valence-corrected chi connectivity index (χ3v) is 8.23. The van der Waals surface area contributed by atoms with Gasteiger partial charge in [0.15, 0.2) is 5.16 Å². The molecule has 32 heavy (non-hydrogen) atoms. The molecule has 0 atom stereocenters. The van der Waals surface area contributed by atoms with Crippen molar-refractivity contribution in [2.75, 3.05) is 25.2 Å². The van der Waals surface area contributed by atoms with Gasteiger partial charge in [-0.1, -0.05) is 23.9 Å². The Morgan fingerprint density at radius 1 is 1.09 bits per heavy atom. The van der Waals surface area contributed by atoms with Crippen molar-refractivity contribution in [2.24, 2.45) is 0 Å². The number of nitrogens with zero attached hydrogens (tertiary/aromatic N) is 3. The van der Waals surface area contributed by atoms with Gasteiger partial charge in [0, 0.05) is 32.2 Å². The maximum absolute atomic E-state index is 12.7. The Morgan fingerprint density at radius 3 is 2.50 bits per heavy atom. The van der Waals surface area contributed by atoms with E-state index >= 15 is 0 Å². The fourth-order valence-corrected chi connectivity index (χ4v) is 4.99. The highest BCUT2D eigenvalue weighted by Crippen LogP contribution is 2.27.